The molecule has 9 heteroatoms. The van der Waals surface area contributed by atoms with Crippen molar-refractivity contribution in [2.24, 2.45) is 0 Å². The fourth-order valence-electron chi connectivity index (χ4n) is 3.10. The van der Waals surface area contributed by atoms with E-state index in [9.17, 15) is 19.7 Å². The van der Waals surface area contributed by atoms with E-state index >= 15 is 0 Å². The number of carbonyl (C=O) groups excluding carboxylic acids is 1. The van der Waals surface area contributed by atoms with Crippen molar-refractivity contribution < 1.29 is 28.3 Å². The van der Waals surface area contributed by atoms with Gasteiger partial charge < -0.3 is 18.6 Å². The zero-order valence-electron chi connectivity index (χ0n) is 17.6. The molecule has 0 aliphatic rings. The monoisotopic (exact) mass is 447 g/mol. The summed E-state index contributed by atoms with van der Waals surface area (Å²) in [6.07, 6.45) is 0. The van der Waals surface area contributed by atoms with Gasteiger partial charge in [0.05, 0.1) is 23.0 Å². The first-order chi connectivity index (χ1) is 15.9. The number of nitrogens with zero attached hydrogens (tertiary/aromatic N) is 1. The van der Waals surface area contributed by atoms with Gasteiger partial charge in [-0.15, -0.1) is 0 Å². The van der Waals surface area contributed by atoms with Gasteiger partial charge in [0.25, 0.3) is 5.69 Å². The molecule has 0 aliphatic carbocycles. The van der Waals surface area contributed by atoms with E-state index in [0.717, 1.165) is 0 Å². The van der Waals surface area contributed by atoms with E-state index in [-0.39, 0.29) is 44.9 Å². The third kappa shape index (κ3) is 4.52. The number of esters is 1. The molecule has 0 amide bonds. The summed E-state index contributed by atoms with van der Waals surface area (Å²) in [5, 5.41) is 11.0. The van der Waals surface area contributed by atoms with Gasteiger partial charge in [-0.3, -0.25) is 14.9 Å². The summed E-state index contributed by atoms with van der Waals surface area (Å²) in [4.78, 5) is 35.5. The van der Waals surface area contributed by atoms with Gasteiger partial charge in [-0.05, 0) is 55.5 Å². The average molecular weight is 447 g/mol. The molecule has 0 radical (unpaired) electrons. The minimum absolute atomic E-state index is 0.0447. The Morgan fingerprint density at radius 2 is 1.58 bits per heavy atom. The maximum Gasteiger partial charge on any atom is 0.343 e. The summed E-state index contributed by atoms with van der Waals surface area (Å²) in [6.45, 7) is 1.59. The molecule has 0 saturated carbocycles. The second-order valence-corrected chi connectivity index (χ2v) is 6.95. The number of aryl methyl sites for hydroxylation is 1. The quantitative estimate of drug-likeness (QED) is 0.175. The molecule has 0 fully saturated rings. The molecule has 1 aromatic heterocycles. The molecule has 0 spiro atoms. The summed E-state index contributed by atoms with van der Waals surface area (Å²) >= 11 is 0. The number of nitro groups is 1. The van der Waals surface area contributed by atoms with Crippen LogP contribution in [0.5, 0.6) is 23.0 Å². The number of hydrogen-bond donors (Lipinski definition) is 0. The standard InChI is InChI=1S/C24H17NO8/c1-14-23(32-18-9-7-17(30-2)8-10-18)22(26)20-12-11-19(13-21(20)31-14)33-24(27)15-3-5-16(6-4-15)25(28)29/h3-13H,1-2H3. The molecule has 0 aliphatic heterocycles. The van der Waals surface area contributed by atoms with E-state index < -0.39 is 10.9 Å². The highest BCUT2D eigenvalue weighted by atomic mass is 16.6. The first-order valence-corrected chi connectivity index (χ1v) is 9.71. The maximum absolute atomic E-state index is 12.9. The second kappa shape index (κ2) is 8.83. The van der Waals surface area contributed by atoms with Crippen LogP contribution in [-0.2, 0) is 0 Å². The highest BCUT2D eigenvalue weighted by molar-refractivity contribution is 5.92. The Hall–Kier alpha value is -4.66. The Labute approximate surface area is 186 Å². The van der Waals surface area contributed by atoms with Crippen LogP contribution in [0.1, 0.15) is 16.1 Å². The van der Waals surface area contributed by atoms with E-state index in [1.54, 1.807) is 38.3 Å². The molecule has 3 aromatic carbocycles. The van der Waals surface area contributed by atoms with Crippen molar-refractivity contribution in [3.8, 4) is 23.0 Å². The third-order valence-electron chi connectivity index (χ3n) is 4.79. The lowest BCUT2D eigenvalue weighted by Crippen LogP contribution is -2.10. The van der Waals surface area contributed by atoms with E-state index in [0.29, 0.717) is 11.5 Å². The molecule has 9 nitrogen and oxygen atoms in total. The number of nitro benzene ring substituents is 1. The lowest BCUT2D eigenvalue weighted by atomic mass is 10.2. The fraction of sp³-hybridized carbons (Fsp3) is 0.0833. The van der Waals surface area contributed by atoms with Gasteiger partial charge in [-0.25, -0.2) is 4.79 Å². The Balaban J connectivity index is 1.58. The lowest BCUT2D eigenvalue weighted by molar-refractivity contribution is -0.384. The van der Waals surface area contributed by atoms with Crippen LogP contribution in [0.3, 0.4) is 0 Å². The topological polar surface area (TPSA) is 118 Å². The van der Waals surface area contributed by atoms with Crippen molar-refractivity contribution in [2.75, 3.05) is 7.11 Å². The number of rotatable bonds is 6. The predicted octanol–water partition coefficient (Wildman–Crippen LogP) is 5.03. The molecule has 4 rings (SSSR count). The molecular formula is C24H17NO8. The SMILES string of the molecule is COc1ccc(Oc2c(C)oc3cc(OC(=O)c4ccc([N+](=O)[O-])cc4)ccc3c2=O)cc1. The van der Waals surface area contributed by atoms with Crippen molar-refractivity contribution in [2.45, 2.75) is 6.92 Å². The van der Waals surface area contributed by atoms with Gasteiger partial charge in [0.2, 0.25) is 11.2 Å². The summed E-state index contributed by atoms with van der Waals surface area (Å²) < 4.78 is 21.9. The predicted molar refractivity (Wildman–Crippen MR) is 118 cm³/mol. The van der Waals surface area contributed by atoms with Crippen molar-refractivity contribution in [3.63, 3.8) is 0 Å². The number of fused-ring (bicyclic) bond motifs is 1. The Morgan fingerprint density at radius 1 is 0.939 bits per heavy atom. The van der Waals surface area contributed by atoms with Crippen LogP contribution in [0.25, 0.3) is 11.0 Å². The normalized spacial score (nSPS) is 10.6. The Kier molecular flexibility index (Phi) is 5.77. The van der Waals surface area contributed by atoms with Crippen LogP contribution >= 0.6 is 0 Å². The number of ether oxygens (including phenoxy) is 3. The van der Waals surface area contributed by atoms with Crippen LogP contribution < -0.4 is 19.6 Å². The minimum atomic E-state index is -0.706. The zero-order valence-corrected chi connectivity index (χ0v) is 17.6. The smallest absolute Gasteiger partial charge is 0.343 e. The minimum Gasteiger partial charge on any atom is -0.497 e. The Morgan fingerprint density at radius 3 is 2.21 bits per heavy atom. The summed E-state index contributed by atoms with van der Waals surface area (Å²) in [5.41, 5.74) is -0.157. The fourth-order valence-corrected chi connectivity index (χ4v) is 3.10. The molecule has 1 heterocycles. The van der Waals surface area contributed by atoms with Crippen LogP contribution in [0.2, 0.25) is 0 Å². The first kappa shape index (κ1) is 21.6. The molecule has 0 atom stereocenters. The van der Waals surface area contributed by atoms with Crippen LogP contribution in [0.4, 0.5) is 5.69 Å². The highest BCUT2D eigenvalue weighted by Crippen LogP contribution is 2.28. The summed E-state index contributed by atoms with van der Waals surface area (Å²) in [7, 11) is 1.55. The molecule has 0 bridgehead atoms. The van der Waals surface area contributed by atoms with Crippen LogP contribution in [0, 0.1) is 17.0 Å². The molecule has 0 N–H and O–H groups in total. The molecule has 33 heavy (non-hydrogen) atoms. The molecular weight excluding hydrogens is 430 g/mol. The molecule has 0 unspecified atom stereocenters. The van der Waals surface area contributed by atoms with E-state index in [4.69, 9.17) is 18.6 Å². The second-order valence-electron chi connectivity index (χ2n) is 6.95. The highest BCUT2D eigenvalue weighted by Gasteiger charge is 2.16. The molecule has 0 saturated heterocycles. The molecule has 166 valence electrons. The third-order valence-corrected chi connectivity index (χ3v) is 4.79. The van der Waals surface area contributed by atoms with Crippen LogP contribution in [-0.4, -0.2) is 18.0 Å². The van der Waals surface area contributed by atoms with Crippen LogP contribution in [0.15, 0.2) is 75.9 Å². The average Bonchev–Trinajstić information content (AvgIpc) is 2.82. The van der Waals surface area contributed by atoms with Crippen molar-refractivity contribution >= 4 is 22.6 Å². The summed E-state index contributed by atoms with van der Waals surface area (Å²) in [6, 6.07) is 16.1. The van der Waals surface area contributed by atoms with Gasteiger partial charge in [-0.2, -0.15) is 0 Å². The van der Waals surface area contributed by atoms with Gasteiger partial charge in [0.15, 0.2) is 0 Å². The maximum atomic E-state index is 12.9. The van der Waals surface area contributed by atoms with Gasteiger partial charge >= 0.3 is 5.97 Å². The van der Waals surface area contributed by atoms with Crippen molar-refractivity contribution in [3.05, 3.63) is 98.4 Å². The lowest BCUT2D eigenvalue weighted by Gasteiger charge is -2.10. The van der Waals surface area contributed by atoms with Gasteiger partial charge in [-0.1, -0.05) is 0 Å². The van der Waals surface area contributed by atoms with Gasteiger partial charge in [0.1, 0.15) is 28.6 Å². The Bertz CT molecular complexity index is 1410. The number of benzene rings is 3. The van der Waals surface area contributed by atoms with E-state index in [1.807, 2.05) is 0 Å². The largest absolute Gasteiger partial charge is 0.497 e. The van der Waals surface area contributed by atoms with Gasteiger partial charge in [0, 0.05) is 18.2 Å². The number of methoxy groups -OCH3 is 1. The number of hydrogen-bond acceptors (Lipinski definition) is 8. The van der Waals surface area contributed by atoms with E-state index in [2.05, 4.69) is 0 Å². The van der Waals surface area contributed by atoms with E-state index in [1.165, 1.54) is 42.5 Å². The number of non-ortho nitro benzene ring substituents is 1. The zero-order chi connectivity index (χ0) is 23.5. The molecule has 4 aromatic rings. The number of carbonyl (C=O) groups is 1. The van der Waals surface area contributed by atoms with Crippen molar-refractivity contribution in [1.82, 2.24) is 0 Å². The van der Waals surface area contributed by atoms with Crippen molar-refractivity contribution in [1.29, 1.82) is 0 Å². The summed E-state index contributed by atoms with van der Waals surface area (Å²) in [5.74, 6) is 0.838. The first-order valence-electron chi connectivity index (χ1n) is 9.71.